The summed E-state index contributed by atoms with van der Waals surface area (Å²) in [5, 5.41) is 2.94. The average Bonchev–Trinajstić information content (AvgIpc) is 3.24. The van der Waals surface area contributed by atoms with Crippen molar-refractivity contribution in [1.82, 2.24) is 19.8 Å². The van der Waals surface area contributed by atoms with Crippen molar-refractivity contribution in [3.05, 3.63) is 77.8 Å². The van der Waals surface area contributed by atoms with Crippen LogP contribution in [0.2, 0.25) is 0 Å². The van der Waals surface area contributed by atoms with E-state index in [2.05, 4.69) is 5.32 Å². The molecule has 0 radical (unpaired) electrons. The first-order valence-electron chi connectivity index (χ1n) is 12.9. The fourth-order valence-electron chi connectivity index (χ4n) is 4.43. The van der Waals surface area contributed by atoms with Crippen molar-refractivity contribution in [2.45, 2.75) is 65.7 Å². The van der Waals surface area contributed by atoms with Gasteiger partial charge in [-0.05, 0) is 49.4 Å². The second-order valence-electron chi connectivity index (χ2n) is 11.0. The highest BCUT2D eigenvalue weighted by atomic mass is 19.1. The third-order valence-electron chi connectivity index (χ3n) is 6.20. The molecule has 38 heavy (non-hydrogen) atoms. The second-order valence-corrected chi connectivity index (χ2v) is 11.0. The van der Waals surface area contributed by atoms with Gasteiger partial charge in [0, 0.05) is 36.9 Å². The van der Waals surface area contributed by atoms with Gasteiger partial charge in [-0.1, -0.05) is 51.1 Å². The molecule has 0 fully saturated rings. The zero-order chi connectivity index (χ0) is 28.0. The maximum Gasteiger partial charge on any atom is 0.318 e. The second kappa shape index (κ2) is 12.5. The van der Waals surface area contributed by atoms with E-state index in [1.807, 2.05) is 69.5 Å². The zero-order valence-electron chi connectivity index (χ0n) is 22.7. The number of carbonyl (C=O) groups excluding carboxylic acids is 1. The Balaban J connectivity index is 2.20. The quantitative estimate of drug-likeness (QED) is 0.335. The van der Waals surface area contributed by atoms with E-state index in [1.165, 1.54) is 0 Å². The van der Waals surface area contributed by atoms with E-state index in [4.69, 9.17) is 10.7 Å². The summed E-state index contributed by atoms with van der Waals surface area (Å²) >= 11 is 0. The Morgan fingerprint density at radius 3 is 2.42 bits per heavy atom. The summed E-state index contributed by atoms with van der Waals surface area (Å²) < 4.78 is 44.0. The molecule has 0 unspecified atom stereocenters. The fraction of sp³-hybridized carbons (Fsp3) is 0.448. The number of imidazole rings is 1. The minimum Gasteiger partial charge on any atom is -0.336 e. The summed E-state index contributed by atoms with van der Waals surface area (Å²) in [7, 11) is 0. The molecule has 3 aromatic rings. The van der Waals surface area contributed by atoms with Crippen LogP contribution >= 0.6 is 0 Å². The summed E-state index contributed by atoms with van der Waals surface area (Å²) in [5.41, 5.74) is 6.61. The van der Waals surface area contributed by atoms with Crippen LogP contribution in [0.3, 0.4) is 0 Å². The maximum absolute atomic E-state index is 14.8. The standard InChI is InChI=1S/C29H38F3N5O/c1-19(2)34-28(38)37(14-13-22(33)16-30)26(29(3,4)5)27-35-25(23-15-21(31)11-12-24(23)32)18-36(27)17-20-9-7-6-8-10-20/h6-12,15,18-19,22,26H,13-14,16-17,33H2,1-5H3,(H,34,38)/t22-,26-/m0/s1. The molecular weight excluding hydrogens is 491 g/mol. The summed E-state index contributed by atoms with van der Waals surface area (Å²) in [6.07, 6.45) is 1.93. The van der Waals surface area contributed by atoms with E-state index in [9.17, 15) is 18.0 Å². The Hall–Kier alpha value is -3.33. The predicted molar refractivity (Wildman–Crippen MR) is 144 cm³/mol. The van der Waals surface area contributed by atoms with E-state index in [0.29, 0.717) is 12.4 Å². The topological polar surface area (TPSA) is 76.2 Å². The lowest BCUT2D eigenvalue weighted by atomic mass is 9.84. The Bertz CT molecular complexity index is 1210. The molecule has 206 valence electrons. The van der Waals surface area contributed by atoms with Crippen LogP contribution in [0.15, 0.2) is 54.7 Å². The van der Waals surface area contributed by atoms with Crippen LogP contribution in [0.25, 0.3) is 11.3 Å². The molecule has 6 nitrogen and oxygen atoms in total. The van der Waals surface area contributed by atoms with Gasteiger partial charge in [0.25, 0.3) is 0 Å². The van der Waals surface area contributed by atoms with Gasteiger partial charge >= 0.3 is 6.03 Å². The molecule has 2 atom stereocenters. The number of nitrogens with two attached hydrogens (primary N) is 1. The smallest absolute Gasteiger partial charge is 0.318 e. The molecule has 0 aliphatic heterocycles. The zero-order valence-corrected chi connectivity index (χ0v) is 22.7. The van der Waals surface area contributed by atoms with E-state index in [-0.39, 0.29) is 36.3 Å². The third kappa shape index (κ3) is 7.37. The lowest BCUT2D eigenvalue weighted by molar-refractivity contribution is 0.104. The number of benzene rings is 2. The van der Waals surface area contributed by atoms with Gasteiger partial charge in [-0.3, -0.25) is 0 Å². The van der Waals surface area contributed by atoms with Gasteiger partial charge < -0.3 is 20.5 Å². The van der Waals surface area contributed by atoms with Gasteiger partial charge in [0.2, 0.25) is 0 Å². The molecule has 3 N–H and O–H groups in total. The van der Waals surface area contributed by atoms with Gasteiger partial charge in [-0.2, -0.15) is 0 Å². The molecule has 1 aromatic heterocycles. The monoisotopic (exact) mass is 529 g/mol. The normalized spacial score (nSPS) is 13.4. The van der Waals surface area contributed by atoms with Crippen LogP contribution in [-0.4, -0.2) is 45.8 Å². The van der Waals surface area contributed by atoms with Crippen molar-refractivity contribution in [2.24, 2.45) is 11.1 Å². The molecule has 0 saturated heterocycles. The number of aromatic nitrogens is 2. The molecule has 3 rings (SSSR count). The van der Waals surface area contributed by atoms with Crippen LogP contribution in [0.5, 0.6) is 0 Å². The maximum atomic E-state index is 14.8. The van der Waals surface area contributed by atoms with Gasteiger partial charge in [0.1, 0.15) is 24.1 Å². The van der Waals surface area contributed by atoms with Crippen LogP contribution in [0, 0.1) is 17.0 Å². The highest BCUT2D eigenvalue weighted by Crippen LogP contribution is 2.39. The summed E-state index contributed by atoms with van der Waals surface area (Å²) in [6.45, 7) is 9.54. The fourth-order valence-corrected chi connectivity index (χ4v) is 4.43. The minimum absolute atomic E-state index is 0.0309. The van der Waals surface area contributed by atoms with Crippen molar-refractivity contribution in [2.75, 3.05) is 13.2 Å². The Morgan fingerprint density at radius 2 is 1.82 bits per heavy atom. The number of alkyl halides is 1. The Labute approximate surface area is 223 Å². The number of nitrogens with zero attached hydrogens (tertiary/aromatic N) is 3. The number of amides is 2. The summed E-state index contributed by atoms with van der Waals surface area (Å²) in [6, 6.07) is 11.1. The molecule has 0 bridgehead atoms. The van der Waals surface area contributed by atoms with Gasteiger partial charge in [0.15, 0.2) is 0 Å². The van der Waals surface area contributed by atoms with E-state index in [1.54, 1.807) is 11.1 Å². The molecule has 1 heterocycles. The number of rotatable bonds is 10. The molecule has 0 aliphatic rings. The van der Waals surface area contributed by atoms with E-state index in [0.717, 1.165) is 23.8 Å². The number of halogens is 3. The lowest BCUT2D eigenvalue weighted by Gasteiger charge is -2.40. The SMILES string of the molecule is CC(C)NC(=O)N(CC[C@H](N)CF)[C@@H](c1nc(-c2cc(F)ccc2F)cn1Cc1ccccc1)C(C)(C)C. The Morgan fingerprint density at radius 1 is 1.13 bits per heavy atom. The number of hydrogen-bond acceptors (Lipinski definition) is 3. The molecule has 2 amide bonds. The van der Waals surface area contributed by atoms with Gasteiger partial charge in [-0.15, -0.1) is 0 Å². The lowest BCUT2D eigenvalue weighted by Crippen LogP contribution is -2.50. The largest absolute Gasteiger partial charge is 0.336 e. The van der Waals surface area contributed by atoms with Crippen molar-refractivity contribution in [3.8, 4) is 11.3 Å². The van der Waals surface area contributed by atoms with Crippen molar-refractivity contribution >= 4 is 6.03 Å². The van der Waals surface area contributed by atoms with Gasteiger partial charge in [0.05, 0.1) is 11.7 Å². The molecule has 0 saturated carbocycles. The van der Waals surface area contributed by atoms with Crippen LogP contribution in [0.1, 0.15) is 58.5 Å². The van der Waals surface area contributed by atoms with Crippen LogP contribution < -0.4 is 11.1 Å². The summed E-state index contributed by atoms with van der Waals surface area (Å²) in [5.74, 6) is -0.670. The van der Waals surface area contributed by atoms with E-state index >= 15 is 0 Å². The number of nitrogens with one attached hydrogen (secondary N) is 1. The minimum atomic E-state index is -0.717. The number of urea groups is 1. The van der Waals surface area contributed by atoms with Crippen molar-refractivity contribution in [3.63, 3.8) is 0 Å². The van der Waals surface area contributed by atoms with Crippen LogP contribution in [-0.2, 0) is 6.54 Å². The number of carbonyl (C=O) groups is 1. The van der Waals surface area contributed by atoms with Crippen molar-refractivity contribution < 1.29 is 18.0 Å². The highest BCUT2D eigenvalue weighted by molar-refractivity contribution is 5.75. The highest BCUT2D eigenvalue weighted by Gasteiger charge is 2.38. The summed E-state index contributed by atoms with van der Waals surface area (Å²) in [4.78, 5) is 19.9. The van der Waals surface area contributed by atoms with E-state index < -0.39 is 35.8 Å². The number of hydrogen-bond donors (Lipinski definition) is 2. The van der Waals surface area contributed by atoms with Crippen molar-refractivity contribution in [1.29, 1.82) is 0 Å². The predicted octanol–water partition coefficient (Wildman–Crippen LogP) is 6.07. The molecule has 9 heteroatoms. The Kier molecular flexibility index (Phi) is 9.60. The molecule has 2 aromatic carbocycles. The van der Waals surface area contributed by atoms with Gasteiger partial charge in [-0.25, -0.2) is 22.9 Å². The molecular formula is C29H38F3N5O. The average molecular weight is 530 g/mol. The molecule has 0 spiro atoms. The first-order chi connectivity index (χ1) is 17.9. The van der Waals surface area contributed by atoms with Crippen LogP contribution in [0.4, 0.5) is 18.0 Å². The first kappa shape index (κ1) is 29.2. The molecule has 0 aliphatic carbocycles. The third-order valence-corrected chi connectivity index (χ3v) is 6.20. The first-order valence-corrected chi connectivity index (χ1v) is 12.9.